The quantitative estimate of drug-likeness (QED) is 0.695. The molecule has 19 heavy (non-hydrogen) atoms. The van der Waals surface area contributed by atoms with Crippen LogP contribution < -0.4 is 10.1 Å². The largest absolute Gasteiger partial charge is 0.465 e. The van der Waals surface area contributed by atoms with Crippen LogP contribution in [0.15, 0.2) is 18.2 Å². The molecule has 2 aromatic rings. The van der Waals surface area contributed by atoms with Crippen molar-refractivity contribution in [3.8, 4) is 5.19 Å². The molecule has 0 spiro atoms. The van der Waals surface area contributed by atoms with Gasteiger partial charge in [-0.15, -0.1) is 12.4 Å². The van der Waals surface area contributed by atoms with Crippen molar-refractivity contribution in [2.75, 3.05) is 13.1 Å². The summed E-state index contributed by atoms with van der Waals surface area (Å²) in [5.41, 5.74) is 0.678. The summed E-state index contributed by atoms with van der Waals surface area (Å²) >= 11 is 1.42. The van der Waals surface area contributed by atoms with Crippen molar-refractivity contribution < 1.29 is 9.66 Å². The summed E-state index contributed by atoms with van der Waals surface area (Å²) in [7, 11) is 0. The van der Waals surface area contributed by atoms with Crippen molar-refractivity contribution in [2.45, 2.75) is 12.5 Å². The number of hydrogen-bond acceptors (Lipinski definition) is 6. The van der Waals surface area contributed by atoms with Crippen molar-refractivity contribution in [1.29, 1.82) is 0 Å². The minimum atomic E-state index is -0.416. The van der Waals surface area contributed by atoms with Crippen LogP contribution in [-0.2, 0) is 0 Å². The zero-order valence-electron chi connectivity index (χ0n) is 9.87. The first kappa shape index (κ1) is 14.0. The molecule has 1 aliphatic heterocycles. The average molecular weight is 302 g/mol. The number of rotatable bonds is 3. The number of nitrogens with one attached hydrogen (secondary N) is 1. The number of ether oxygens (including phenoxy) is 1. The summed E-state index contributed by atoms with van der Waals surface area (Å²) in [5.74, 6) is 0. The molecule has 0 aliphatic carbocycles. The lowest BCUT2D eigenvalue weighted by Crippen LogP contribution is -2.19. The second-order valence-electron chi connectivity index (χ2n) is 4.12. The fourth-order valence-electron chi connectivity index (χ4n) is 1.93. The molecule has 1 aromatic carbocycles. The summed E-state index contributed by atoms with van der Waals surface area (Å²) in [6.07, 6.45) is 1.12. The predicted octanol–water partition coefficient (Wildman–Crippen LogP) is 2.37. The Morgan fingerprint density at radius 3 is 3.05 bits per heavy atom. The summed E-state index contributed by atoms with van der Waals surface area (Å²) < 4.78 is 6.64. The third-order valence-electron chi connectivity index (χ3n) is 2.84. The van der Waals surface area contributed by atoms with Gasteiger partial charge in [-0.3, -0.25) is 10.1 Å². The Kier molecular flexibility index (Phi) is 4.18. The highest BCUT2D eigenvalue weighted by molar-refractivity contribution is 7.20. The zero-order valence-corrected chi connectivity index (χ0v) is 11.5. The number of nitro benzene ring substituents is 1. The number of thiazole rings is 1. The van der Waals surface area contributed by atoms with E-state index in [9.17, 15) is 10.1 Å². The van der Waals surface area contributed by atoms with Gasteiger partial charge in [-0.2, -0.15) is 0 Å². The van der Waals surface area contributed by atoms with Gasteiger partial charge in [0.15, 0.2) is 0 Å². The highest BCUT2D eigenvalue weighted by Crippen LogP contribution is 2.31. The normalized spacial score (nSPS) is 18.2. The Bertz CT molecular complexity index is 598. The molecule has 0 radical (unpaired) electrons. The molecular formula is C11H12ClN3O3S. The number of halogens is 1. The van der Waals surface area contributed by atoms with Crippen LogP contribution in [-0.4, -0.2) is 29.1 Å². The second kappa shape index (κ2) is 5.68. The van der Waals surface area contributed by atoms with E-state index in [0.717, 1.165) is 24.2 Å². The van der Waals surface area contributed by atoms with Crippen molar-refractivity contribution in [3.05, 3.63) is 28.3 Å². The fourth-order valence-corrected chi connectivity index (χ4v) is 2.79. The summed E-state index contributed by atoms with van der Waals surface area (Å²) in [6.45, 7) is 1.79. The molecule has 8 heteroatoms. The van der Waals surface area contributed by atoms with Gasteiger partial charge in [0, 0.05) is 18.7 Å². The number of hydrogen-bond donors (Lipinski definition) is 1. The minimum Gasteiger partial charge on any atom is -0.465 e. The molecule has 1 aromatic heterocycles. The number of aromatic nitrogens is 1. The second-order valence-corrected chi connectivity index (χ2v) is 5.11. The molecule has 0 bridgehead atoms. The predicted molar refractivity (Wildman–Crippen MR) is 75.4 cm³/mol. The van der Waals surface area contributed by atoms with Gasteiger partial charge in [-0.1, -0.05) is 11.3 Å². The topological polar surface area (TPSA) is 77.3 Å². The van der Waals surface area contributed by atoms with Crippen LogP contribution in [0.2, 0.25) is 0 Å². The molecule has 1 N–H and O–H groups in total. The van der Waals surface area contributed by atoms with E-state index in [4.69, 9.17) is 4.74 Å². The van der Waals surface area contributed by atoms with Crippen LogP contribution in [0.5, 0.6) is 5.19 Å². The first-order chi connectivity index (χ1) is 8.72. The number of fused-ring (bicyclic) bond motifs is 1. The van der Waals surface area contributed by atoms with Crippen LogP contribution >= 0.6 is 23.7 Å². The summed E-state index contributed by atoms with van der Waals surface area (Å²) in [5, 5.41) is 14.5. The monoisotopic (exact) mass is 301 g/mol. The Hall–Kier alpha value is -1.44. The molecule has 1 aliphatic rings. The maximum absolute atomic E-state index is 10.7. The Balaban J connectivity index is 0.00000133. The Morgan fingerprint density at radius 2 is 2.37 bits per heavy atom. The van der Waals surface area contributed by atoms with E-state index in [0.29, 0.717) is 10.7 Å². The van der Waals surface area contributed by atoms with E-state index in [-0.39, 0.29) is 24.2 Å². The molecule has 6 nitrogen and oxygen atoms in total. The number of nitro groups is 1. The lowest BCUT2D eigenvalue weighted by molar-refractivity contribution is -0.384. The van der Waals surface area contributed by atoms with Gasteiger partial charge in [0.05, 0.1) is 15.1 Å². The fraction of sp³-hybridized carbons (Fsp3) is 0.364. The van der Waals surface area contributed by atoms with Crippen molar-refractivity contribution in [1.82, 2.24) is 10.3 Å². The maximum Gasteiger partial charge on any atom is 0.274 e. The average Bonchev–Trinajstić information content (AvgIpc) is 2.96. The molecule has 102 valence electrons. The number of nitrogens with zero attached hydrogens (tertiary/aromatic N) is 2. The molecule has 3 rings (SSSR count). The van der Waals surface area contributed by atoms with Crippen molar-refractivity contribution >= 4 is 39.6 Å². The van der Waals surface area contributed by atoms with E-state index in [1.54, 1.807) is 6.07 Å². The third kappa shape index (κ3) is 2.94. The highest BCUT2D eigenvalue weighted by atomic mass is 35.5. The highest BCUT2D eigenvalue weighted by Gasteiger charge is 2.18. The van der Waals surface area contributed by atoms with Crippen LogP contribution in [0.25, 0.3) is 10.2 Å². The standard InChI is InChI=1S/C11H11N3O3S.ClH/c15-14(16)7-1-2-10-9(5-7)13-11(18-10)17-8-3-4-12-6-8;/h1-2,5,8,12H,3-4,6H2;1H/t8-;/m1./s1. The van der Waals surface area contributed by atoms with Crippen LogP contribution in [0.1, 0.15) is 6.42 Å². The number of benzene rings is 1. The van der Waals surface area contributed by atoms with Gasteiger partial charge in [0.25, 0.3) is 10.9 Å². The third-order valence-corrected chi connectivity index (χ3v) is 3.77. The Morgan fingerprint density at radius 1 is 1.53 bits per heavy atom. The van der Waals surface area contributed by atoms with Crippen LogP contribution in [0, 0.1) is 10.1 Å². The molecule has 1 fully saturated rings. The molecule has 0 unspecified atom stereocenters. The van der Waals surface area contributed by atoms with Gasteiger partial charge >= 0.3 is 0 Å². The van der Waals surface area contributed by atoms with Gasteiger partial charge in [-0.25, -0.2) is 4.98 Å². The maximum atomic E-state index is 10.7. The first-order valence-corrected chi connectivity index (χ1v) is 6.46. The molecule has 1 saturated heterocycles. The summed E-state index contributed by atoms with van der Waals surface area (Å²) in [6, 6.07) is 4.68. The lowest BCUT2D eigenvalue weighted by Gasteiger charge is -2.07. The lowest BCUT2D eigenvalue weighted by atomic mass is 10.3. The van der Waals surface area contributed by atoms with E-state index in [1.807, 2.05) is 0 Å². The first-order valence-electron chi connectivity index (χ1n) is 5.65. The molecule has 2 heterocycles. The molecular weight excluding hydrogens is 290 g/mol. The van der Waals surface area contributed by atoms with Gasteiger partial charge in [-0.05, 0) is 19.0 Å². The van der Waals surface area contributed by atoms with Crippen LogP contribution in [0.3, 0.4) is 0 Å². The van der Waals surface area contributed by atoms with E-state index < -0.39 is 4.92 Å². The smallest absolute Gasteiger partial charge is 0.274 e. The summed E-state index contributed by atoms with van der Waals surface area (Å²) in [4.78, 5) is 14.5. The van der Waals surface area contributed by atoms with Crippen molar-refractivity contribution in [2.24, 2.45) is 0 Å². The Labute approximate surface area is 119 Å². The van der Waals surface area contributed by atoms with Crippen molar-refractivity contribution in [3.63, 3.8) is 0 Å². The van der Waals surface area contributed by atoms with Gasteiger partial charge < -0.3 is 10.1 Å². The SMILES string of the molecule is Cl.O=[N+]([O-])c1ccc2sc(O[C@@H]3CCNC3)nc2c1. The van der Waals surface area contributed by atoms with E-state index in [1.165, 1.54) is 23.5 Å². The zero-order chi connectivity index (χ0) is 12.5. The molecule has 0 saturated carbocycles. The minimum absolute atomic E-state index is 0. The van der Waals surface area contributed by atoms with Gasteiger partial charge in [0.1, 0.15) is 6.10 Å². The van der Waals surface area contributed by atoms with Gasteiger partial charge in [0.2, 0.25) is 0 Å². The molecule has 0 amide bonds. The van der Waals surface area contributed by atoms with E-state index in [2.05, 4.69) is 10.3 Å². The van der Waals surface area contributed by atoms with Crippen LogP contribution in [0.4, 0.5) is 5.69 Å². The van der Waals surface area contributed by atoms with E-state index >= 15 is 0 Å². The number of non-ortho nitro benzene ring substituents is 1. The molecule has 1 atom stereocenters.